The van der Waals surface area contributed by atoms with E-state index in [0.29, 0.717) is 45.1 Å². The molecule has 39 heavy (non-hydrogen) atoms. The van der Waals surface area contributed by atoms with E-state index in [4.69, 9.17) is 14.3 Å². The highest BCUT2D eigenvalue weighted by Crippen LogP contribution is 2.47. The van der Waals surface area contributed by atoms with Crippen LogP contribution in [0.1, 0.15) is 18.4 Å². The van der Waals surface area contributed by atoms with Gasteiger partial charge in [-0.1, -0.05) is 17.7 Å². The largest absolute Gasteiger partial charge is 0.486 e. The lowest BCUT2D eigenvalue weighted by atomic mass is 10.1. The third-order valence-electron chi connectivity index (χ3n) is 6.85. The van der Waals surface area contributed by atoms with Crippen molar-refractivity contribution in [2.45, 2.75) is 24.7 Å². The van der Waals surface area contributed by atoms with Crippen molar-refractivity contribution in [2.24, 2.45) is 5.41 Å². The number of piperazine rings is 1. The summed E-state index contributed by atoms with van der Waals surface area (Å²) in [7, 11) is -2.02. The first-order valence-electron chi connectivity index (χ1n) is 12.5. The van der Waals surface area contributed by atoms with E-state index in [-0.39, 0.29) is 35.3 Å². The number of nitrogens with zero attached hydrogens (tertiary/aromatic N) is 2. The summed E-state index contributed by atoms with van der Waals surface area (Å²) in [5.74, 6) is -2.67. The Morgan fingerprint density at radius 2 is 1.67 bits per heavy atom. The highest BCUT2D eigenvalue weighted by atomic mass is 32.2. The van der Waals surface area contributed by atoms with Crippen molar-refractivity contribution in [1.82, 2.24) is 9.80 Å². The number of ether oxygens (including phenoxy) is 1. The van der Waals surface area contributed by atoms with E-state index < -0.39 is 33.1 Å². The molecule has 1 amide bonds. The van der Waals surface area contributed by atoms with Gasteiger partial charge in [-0.3, -0.25) is 8.98 Å². The average molecular weight is 563 g/mol. The maximum absolute atomic E-state index is 13.7. The summed E-state index contributed by atoms with van der Waals surface area (Å²) in [6.07, 6.45) is 2.26. The Balaban J connectivity index is 1.52. The van der Waals surface area contributed by atoms with Gasteiger partial charge in [0.05, 0.1) is 18.1 Å². The van der Waals surface area contributed by atoms with Crippen molar-refractivity contribution in [3.8, 4) is 0 Å². The van der Waals surface area contributed by atoms with Crippen LogP contribution < -0.4 is 5.32 Å². The number of halogens is 2. The Labute approximate surface area is 227 Å². The number of hydrogen-bond acceptors (Lipinski definition) is 8. The lowest BCUT2D eigenvalue weighted by Crippen LogP contribution is -2.45. The SMILES string of the molecule is Cc1ccc(S(=O)(=O)OCC2(CO/C(C(=O)Nc3cc(F)cc(F)c3)=C(/C=N)N3CCN(C)CC3)CC2)cc1. The third-order valence-corrected chi connectivity index (χ3v) is 8.13. The Morgan fingerprint density at radius 1 is 1.05 bits per heavy atom. The first-order chi connectivity index (χ1) is 18.5. The van der Waals surface area contributed by atoms with Crippen LogP contribution in [0.2, 0.25) is 0 Å². The molecule has 2 aromatic rings. The molecule has 0 atom stereocenters. The van der Waals surface area contributed by atoms with Crippen LogP contribution in [-0.4, -0.2) is 76.8 Å². The number of rotatable bonds is 11. The van der Waals surface area contributed by atoms with E-state index >= 15 is 0 Å². The van der Waals surface area contributed by atoms with Crippen molar-refractivity contribution < 1.29 is 30.9 Å². The number of amides is 1. The van der Waals surface area contributed by atoms with Crippen LogP contribution in [0.15, 0.2) is 58.8 Å². The van der Waals surface area contributed by atoms with E-state index in [1.807, 2.05) is 18.9 Å². The molecule has 9 nitrogen and oxygen atoms in total. The smallest absolute Gasteiger partial charge is 0.296 e. The van der Waals surface area contributed by atoms with Crippen LogP contribution in [0.4, 0.5) is 14.5 Å². The number of aryl methyl sites for hydroxylation is 1. The van der Waals surface area contributed by atoms with Gasteiger partial charge in [0, 0.05) is 49.6 Å². The second-order valence-electron chi connectivity index (χ2n) is 10.1. The van der Waals surface area contributed by atoms with Crippen molar-refractivity contribution in [3.63, 3.8) is 0 Å². The average Bonchev–Trinajstić information content (AvgIpc) is 3.66. The van der Waals surface area contributed by atoms with Gasteiger partial charge in [-0.05, 0) is 51.1 Å². The second kappa shape index (κ2) is 11.8. The monoisotopic (exact) mass is 562 g/mol. The van der Waals surface area contributed by atoms with E-state index in [1.54, 1.807) is 12.1 Å². The second-order valence-corrected chi connectivity index (χ2v) is 11.7. The van der Waals surface area contributed by atoms with Crippen LogP contribution in [0.3, 0.4) is 0 Å². The fraction of sp³-hybridized carbons (Fsp3) is 0.407. The molecule has 2 fully saturated rings. The maximum atomic E-state index is 13.7. The predicted molar refractivity (Wildman–Crippen MR) is 142 cm³/mol. The first-order valence-corrected chi connectivity index (χ1v) is 14.0. The molecule has 1 aliphatic carbocycles. The zero-order valence-corrected chi connectivity index (χ0v) is 22.7. The van der Waals surface area contributed by atoms with Crippen LogP contribution in [0.25, 0.3) is 0 Å². The Kier molecular flexibility index (Phi) is 8.67. The van der Waals surface area contributed by atoms with Crippen LogP contribution in [0.5, 0.6) is 0 Å². The molecule has 2 aromatic carbocycles. The van der Waals surface area contributed by atoms with Gasteiger partial charge in [0.1, 0.15) is 17.3 Å². The fourth-order valence-electron chi connectivity index (χ4n) is 4.13. The summed E-state index contributed by atoms with van der Waals surface area (Å²) in [6, 6.07) is 8.97. The van der Waals surface area contributed by atoms with Gasteiger partial charge in [0.25, 0.3) is 16.0 Å². The van der Waals surface area contributed by atoms with Crippen LogP contribution >= 0.6 is 0 Å². The number of benzene rings is 2. The van der Waals surface area contributed by atoms with Gasteiger partial charge >= 0.3 is 0 Å². The number of nitrogens with one attached hydrogen (secondary N) is 2. The molecule has 0 radical (unpaired) electrons. The Bertz CT molecular complexity index is 1330. The molecular weight excluding hydrogens is 530 g/mol. The molecule has 0 bridgehead atoms. The number of carbonyl (C=O) groups excluding carboxylic acids is 1. The van der Waals surface area contributed by atoms with Gasteiger partial charge < -0.3 is 25.3 Å². The van der Waals surface area contributed by atoms with Gasteiger partial charge in [0.2, 0.25) is 5.76 Å². The molecule has 12 heteroatoms. The number of allylic oxidation sites excluding steroid dienone is 1. The summed E-state index contributed by atoms with van der Waals surface area (Å²) < 4.78 is 64.1. The lowest BCUT2D eigenvalue weighted by molar-refractivity contribution is -0.116. The van der Waals surface area contributed by atoms with Crippen LogP contribution in [0, 0.1) is 29.4 Å². The highest BCUT2D eigenvalue weighted by molar-refractivity contribution is 7.86. The standard InChI is InChI=1S/C27H32F2N4O5S/c1-19-3-5-23(6-4-19)39(35,36)38-18-27(7-8-27)17-37-25(24(16-30)33-11-9-32(2)10-12-33)26(34)31-22-14-20(28)13-21(29)15-22/h3-6,13-16,30H,7-12,17-18H2,1-2H3,(H,31,34)/b25-24-,30-16?. The van der Waals surface area contributed by atoms with Gasteiger partial charge in [-0.15, -0.1) is 0 Å². The minimum Gasteiger partial charge on any atom is -0.486 e. The molecule has 0 unspecified atom stereocenters. The van der Waals surface area contributed by atoms with Crippen molar-refractivity contribution in [2.75, 3.05) is 51.8 Å². The first kappa shape index (κ1) is 28.7. The third kappa shape index (κ3) is 7.40. The molecule has 2 N–H and O–H groups in total. The minimum atomic E-state index is -3.98. The van der Waals surface area contributed by atoms with E-state index in [1.165, 1.54) is 12.1 Å². The summed E-state index contributed by atoms with van der Waals surface area (Å²) >= 11 is 0. The van der Waals surface area contributed by atoms with Crippen molar-refractivity contribution in [1.29, 1.82) is 5.41 Å². The molecule has 1 heterocycles. The van der Waals surface area contributed by atoms with E-state index in [2.05, 4.69) is 10.2 Å². The molecule has 1 aliphatic heterocycles. The molecule has 1 saturated heterocycles. The summed E-state index contributed by atoms with van der Waals surface area (Å²) in [5.41, 5.74) is 0.405. The summed E-state index contributed by atoms with van der Waals surface area (Å²) in [5, 5.41) is 10.5. The molecular formula is C27H32F2N4O5S. The van der Waals surface area contributed by atoms with Gasteiger partial charge in [-0.25, -0.2) is 8.78 Å². The molecule has 1 saturated carbocycles. The number of likely N-dealkylation sites (N-methyl/N-ethyl adjacent to an activating group) is 1. The normalized spacial score (nSPS) is 17.8. The van der Waals surface area contributed by atoms with Crippen molar-refractivity contribution >= 4 is 27.9 Å². The molecule has 210 valence electrons. The quantitative estimate of drug-likeness (QED) is 0.187. The lowest BCUT2D eigenvalue weighted by Gasteiger charge is -2.35. The topological polar surface area (TPSA) is 112 Å². The van der Waals surface area contributed by atoms with Crippen LogP contribution in [-0.2, 0) is 23.8 Å². The molecule has 0 aromatic heterocycles. The molecule has 2 aliphatic rings. The van der Waals surface area contributed by atoms with Crippen molar-refractivity contribution in [3.05, 3.63) is 71.1 Å². The summed E-state index contributed by atoms with van der Waals surface area (Å²) in [4.78, 5) is 17.3. The predicted octanol–water partition coefficient (Wildman–Crippen LogP) is 3.52. The number of carbonyl (C=O) groups is 1. The Hall–Kier alpha value is -3.35. The highest BCUT2D eigenvalue weighted by Gasteiger charge is 2.46. The minimum absolute atomic E-state index is 0.0399. The zero-order chi connectivity index (χ0) is 28.2. The molecule has 4 rings (SSSR count). The zero-order valence-electron chi connectivity index (χ0n) is 21.9. The number of anilines is 1. The van der Waals surface area contributed by atoms with E-state index in [9.17, 15) is 22.0 Å². The molecule has 0 spiro atoms. The Morgan fingerprint density at radius 3 is 2.23 bits per heavy atom. The summed E-state index contributed by atoms with van der Waals surface area (Å²) in [6.45, 7) is 4.16. The van der Waals surface area contributed by atoms with E-state index in [0.717, 1.165) is 23.9 Å². The fourth-order valence-corrected chi connectivity index (χ4v) is 5.14. The number of hydrogen-bond donors (Lipinski definition) is 2. The maximum Gasteiger partial charge on any atom is 0.296 e. The van der Waals surface area contributed by atoms with Gasteiger partial charge in [0.15, 0.2) is 0 Å². The van der Waals surface area contributed by atoms with Gasteiger partial charge in [-0.2, -0.15) is 8.42 Å².